The maximum absolute atomic E-state index is 12.8. The Morgan fingerprint density at radius 3 is 2.65 bits per heavy atom. The quantitative estimate of drug-likeness (QED) is 0.590. The summed E-state index contributed by atoms with van der Waals surface area (Å²) in [6, 6.07) is 8.19. The molecule has 31 heavy (non-hydrogen) atoms. The van der Waals surface area contributed by atoms with Crippen LogP contribution in [0.1, 0.15) is 30.1 Å². The van der Waals surface area contributed by atoms with E-state index in [0.717, 1.165) is 35.2 Å². The van der Waals surface area contributed by atoms with Gasteiger partial charge in [-0.1, -0.05) is 12.1 Å². The second-order valence-corrected chi connectivity index (χ2v) is 7.37. The van der Waals surface area contributed by atoms with Crippen LogP contribution in [0.3, 0.4) is 0 Å². The van der Waals surface area contributed by atoms with Gasteiger partial charge in [-0.05, 0) is 48.7 Å². The Hall–Kier alpha value is -3.40. The molecule has 1 aliphatic heterocycles. The maximum atomic E-state index is 12.8. The van der Waals surface area contributed by atoms with Crippen LogP contribution in [0, 0.1) is 0 Å². The molecule has 4 rings (SSSR count). The van der Waals surface area contributed by atoms with E-state index in [4.69, 9.17) is 0 Å². The van der Waals surface area contributed by atoms with Crippen molar-refractivity contribution in [3.05, 3.63) is 59.8 Å². The monoisotopic (exact) mass is 432 g/mol. The number of likely N-dealkylation sites (tertiary alicyclic amines) is 1. The number of aromatic nitrogens is 2. The van der Waals surface area contributed by atoms with E-state index in [1.54, 1.807) is 24.4 Å². The Labute approximate surface area is 174 Å². The highest BCUT2D eigenvalue weighted by Crippen LogP contribution is 2.31. The number of hydrogen-bond acceptors (Lipinski definition) is 4. The van der Waals surface area contributed by atoms with Gasteiger partial charge in [-0.3, -0.25) is 14.7 Å². The van der Waals surface area contributed by atoms with Gasteiger partial charge in [0.15, 0.2) is 6.10 Å². The summed E-state index contributed by atoms with van der Waals surface area (Å²) in [4.78, 5) is 26.9. The van der Waals surface area contributed by atoms with Crippen LogP contribution in [0.15, 0.2) is 48.7 Å². The van der Waals surface area contributed by atoms with E-state index in [1.165, 1.54) is 4.90 Å². The largest absolute Gasteiger partial charge is 0.416 e. The summed E-state index contributed by atoms with van der Waals surface area (Å²) in [5, 5.41) is 20.7. The lowest BCUT2D eigenvalue weighted by Gasteiger charge is -2.26. The smallest absolute Gasteiger partial charge is 0.378 e. The van der Waals surface area contributed by atoms with Crippen molar-refractivity contribution >= 4 is 28.4 Å². The number of fused-ring (bicyclic) bond motifs is 1. The lowest BCUT2D eigenvalue weighted by molar-refractivity contribution is -0.144. The highest BCUT2D eigenvalue weighted by Gasteiger charge is 2.37. The number of aromatic amines is 1. The van der Waals surface area contributed by atoms with Crippen LogP contribution in [0.25, 0.3) is 10.9 Å². The number of nitrogens with one attached hydrogen (secondary N) is 2. The van der Waals surface area contributed by atoms with E-state index >= 15 is 0 Å². The van der Waals surface area contributed by atoms with Gasteiger partial charge >= 0.3 is 6.18 Å². The molecule has 2 amide bonds. The molecule has 1 unspecified atom stereocenters. The first-order chi connectivity index (χ1) is 14.7. The third kappa shape index (κ3) is 4.24. The molecular weight excluding hydrogens is 413 g/mol. The van der Waals surface area contributed by atoms with Crippen molar-refractivity contribution in [3.63, 3.8) is 0 Å². The normalized spacial score (nSPS) is 17.7. The number of amides is 2. The fourth-order valence-electron chi connectivity index (χ4n) is 3.70. The molecule has 7 nitrogen and oxygen atoms in total. The Morgan fingerprint density at radius 1 is 1.19 bits per heavy atom. The highest BCUT2D eigenvalue weighted by molar-refractivity contribution is 5.99. The molecule has 1 saturated heterocycles. The summed E-state index contributed by atoms with van der Waals surface area (Å²) in [6.45, 7) is 0.273. The molecule has 162 valence electrons. The minimum atomic E-state index is -4.51. The number of aliphatic hydroxyl groups excluding tert-OH is 1. The average Bonchev–Trinajstić information content (AvgIpc) is 3.41. The topological polar surface area (TPSA) is 98.3 Å². The first-order valence-corrected chi connectivity index (χ1v) is 9.64. The summed E-state index contributed by atoms with van der Waals surface area (Å²) in [5.41, 5.74) is 0.523. The lowest BCUT2D eigenvalue weighted by atomic mass is 10.0. The van der Waals surface area contributed by atoms with E-state index in [2.05, 4.69) is 15.5 Å². The zero-order valence-electron chi connectivity index (χ0n) is 16.2. The Balaban J connectivity index is 1.46. The number of aliphatic hydroxyl groups is 1. The number of rotatable bonds is 4. The van der Waals surface area contributed by atoms with Crippen molar-refractivity contribution in [1.29, 1.82) is 0 Å². The van der Waals surface area contributed by atoms with Gasteiger partial charge in [0.25, 0.3) is 5.91 Å². The van der Waals surface area contributed by atoms with Crippen molar-refractivity contribution in [2.45, 2.75) is 31.2 Å². The maximum Gasteiger partial charge on any atom is 0.416 e. The predicted octanol–water partition coefficient (Wildman–Crippen LogP) is 3.24. The molecule has 0 spiro atoms. The van der Waals surface area contributed by atoms with Gasteiger partial charge in [-0.25, -0.2) is 0 Å². The van der Waals surface area contributed by atoms with Crippen LogP contribution in [0.4, 0.5) is 18.9 Å². The second-order valence-electron chi connectivity index (χ2n) is 7.37. The van der Waals surface area contributed by atoms with E-state index in [1.807, 2.05) is 0 Å². The first kappa shape index (κ1) is 20.9. The lowest BCUT2D eigenvalue weighted by Crippen LogP contribution is -2.45. The molecule has 3 N–H and O–H groups in total. The van der Waals surface area contributed by atoms with Crippen LogP contribution in [-0.2, 0) is 15.8 Å². The summed E-state index contributed by atoms with van der Waals surface area (Å²) in [5.74, 6) is -1.11. The zero-order chi connectivity index (χ0) is 22.2. The van der Waals surface area contributed by atoms with Gasteiger partial charge in [0.1, 0.15) is 6.04 Å². The van der Waals surface area contributed by atoms with Crippen LogP contribution in [0.5, 0.6) is 0 Å². The Kier molecular flexibility index (Phi) is 5.40. The third-order valence-corrected chi connectivity index (χ3v) is 5.33. The number of hydrogen-bond donors (Lipinski definition) is 3. The molecule has 0 saturated carbocycles. The van der Waals surface area contributed by atoms with Crippen molar-refractivity contribution in [2.75, 3.05) is 11.9 Å². The summed E-state index contributed by atoms with van der Waals surface area (Å²) in [7, 11) is 0. The average molecular weight is 432 g/mol. The molecule has 1 aliphatic rings. The molecule has 10 heteroatoms. The molecule has 0 aliphatic carbocycles. The predicted molar refractivity (Wildman–Crippen MR) is 106 cm³/mol. The number of anilines is 1. The zero-order valence-corrected chi connectivity index (χ0v) is 16.2. The van der Waals surface area contributed by atoms with Crippen molar-refractivity contribution in [3.8, 4) is 0 Å². The Morgan fingerprint density at radius 2 is 1.94 bits per heavy atom. The van der Waals surface area contributed by atoms with Gasteiger partial charge in [0, 0.05) is 17.6 Å². The molecule has 1 fully saturated rings. The third-order valence-electron chi connectivity index (χ3n) is 5.33. The van der Waals surface area contributed by atoms with Crippen molar-refractivity contribution < 1.29 is 27.9 Å². The number of halogens is 3. The minimum Gasteiger partial charge on any atom is -0.378 e. The first-order valence-electron chi connectivity index (χ1n) is 9.64. The van der Waals surface area contributed by atoms with Gasteiger partial charge in [-0.2, -0.15) is 18.3 Å². The summed E-state index contributed by atoms with van der Waals surface area (Å²) in [6.07, 6.45) is -3.55. The standard InChI is InChI=1S/C21H19F3N4O3/c22-21(23,24)14-5-3-12(4-6-14)18(29)20(31)28-9-1-2-17(28)19(30)26-15-7-8-16-13(10-15)11-25-27-16/h3-8,10-11,17-18,29H,1-2,9H2,(H,25,27)(H,26,30)/t17-,18?/m1/s1. The molecule has 0 bridgehead atoms. The van der Waals surface area contributed by atoms with Gasteiger partial charge in [-0.15, -0.1) is 0 Å². The van der Waals surface area contributed by atoms with Crippen molar-refractivity contribution in [2.24, 2.45) is 0 Å². The van der Waals surface area contributed by atoms with Crippen LogP contribution in [-0.4, -0.2) is 44.6 Å². The molecule has 0 radical (unpaired) electrons. The fraction of sp³-hybridized carbons (Fsp3) is 0.286. The van der Waals surface area contributed by atoms with E-state index < -0.39 is 35.7 Å². The van der Waals surface area contributed by atoms with E-state index in [9.17, 15) is 27.9 Å². The van der Waals surface area contributed by atoms with Crippen LogP contribution >= 0.6 is 0 Å². The number of alkyl halides is 3. The SMILES string of the molecule is O=C(Nc1ccc2[nH]ncc2c1)[C@H]1CCCN1C(=O)C(O)c1ccc(C(F)(F)F)cc1. The molecule has 1 aromatic heterocycles. The van der Waals surface area contributed by atoms with Gasteiger partial charge in [0.05, 0.1) is 17.3 Å². The van der Waals surface area contributed by atoms with Gasteiger partial charge in [0.2, 0.25) is 5.91 Å². The number of carbonyl (C=O) groups is 2. The molecule has 2 aromatic carbocycles. The van der Waals surface area contributed by atoms with Crippen LogP contribution in [0.2, 0.25) is 0 Å². The molecule has 2 heterocycles. The molecular formula is C21H19F3N4O3. The summed E-state index contributed by atoms with van der Waals surface area (Å²) >= 11 is 0. The van der Waals surface area contributed by atoms with E-state index in [0.29, 0.717) is 18.5 Å². The fourth-order valence-corrected chi connectivity index (χ4v) is 3.70. The number of carbonyl (C=O) groups excluding carboxylic acids is 2. The van der Waals surface area contributed by atoms with E-state index in [-0.39, 0.29) is 12.1 Å². The van der Waals surface area contributed by atoms with Crippen molar-refractivity contribution in [1.82, 2.24) is 15.1 Å². The number of benzene rings is 2. The minimum absolute atomic E-state index is 0.0365. The van der Waals surface area contributed by atoms with Crippen LogP contribution < -0.4 is 5.32 Å². The second kappa shape index (κ2) is 8.03. The number of nitrogens with zero attached hydrogens (tertiary/aromatic N) is 2. The molecule has 2 atom stereocenters. The highest BCUT2D eigenvalue weighted by atomic mass is 19.4. The van der Waals surface area contributed by atoms with Gasteiger partial charge < -0.3 is 15.3 Å². The number of H-pyrrole nitrogens is 1. The molecule has 3 aromatic rings. The Bertz CT molecular complexity index is 1110. The summed E-state index contributed by atoms with van der Waals surface area (Å²) < 4.78 is 38.2.